The number of nitrogens with zero attached hydrogens (tertiary/aromatic N) is 1. The molecule has 1 atom stereocenters. The number of hydrogen-bond acceptors (Lipinski definition) is 2. The van der Waals surface area contributed by atoms with Crippen molar-refractivity contribution in [2.75, 3.05) is 6.54 Å². The fourth-order valence-electron chi connectivity index (χ4n) is 4.57. The van der Waals surface area contributed by atoms with Gasteiger partial charge in [-0.25, -0.2) is 8.78 Å². The third-order valence-corrected chi connectivity index (χ3v) is 6.83. The molecule has 28 heavy (non-hydrogen) atoms. The van der Waals surface area contributed by atoms with Gasteiger partial charge in [-0.3, -0.25) is 4.79 Å². The highest BCUT2D eigenvalue weighted by molar-refractivity contribution is 6.37. The molecule has 1 saturated carbocycles. The molecular weight excluding hydrogens is 382 g/mol. The molecule has 3 nitrogen and oxygen atoms in total. The third kappa shape index (κ3) is 3.97. The molecule has 0 bridgehead atoms. The van der Waals surface area contributed by atoms with Gasteiger partial charge in [0.2, 0.25) is 5.92 Å². The van der Waals surface area contributed by atoms with Crippen LogP contribution in [-0.4, -0.2) is 28.4 Å². The molecule has 1 aromatic heterocycles. The topological polar surface area (TPSA) is 34.0 Å². The van der Waals surface area contributed by atoms with E-state index in [2.05, 4.69) is 16.8 Å². The molecule has 152 valence electrons. The molecule has 2 heterocycles. The summed E-state index contributed by atoms with van der Waals surface area (Å²) in [4.78, 5) is 13.0. The van der Waals surface area contributed by atoms with Crippen LogP contribution in [0.25, 0.3) is 10.9 Å². The molecule has 1 aliphatic heterocycles. The minimum absolute atomic E-state index is 0.0436. The van der Waals surface area contributed by atoms with Crippen LogP contribution >= 0.6 is 11.6 Å². The van der Waals surface area contributed by atoms with Crippen LogP contribution in [0.5, 0.6) is 0 Å². The fraction of sp³-hybridized carbons (Fsp3) is 0.591. The van der Waals surface area contributed by atoms with Gasteiger partial charge in [-0.05, 0) is 57.2 Å². The van der Waals surface area contributed by atoms with Gasteiger partial charge in [0.1, 0.15) is 0 Å². The molecule has 4 rings (SSSR count). The summed E-state index contributed by atoms with van der Waals surface area (Å²) in [6, 6.07) is 5.73. The molecule has 1 aliphatic carbocycles. The van der Waals surface area contributed by atoms with E-state index in [-0.39, 0.29) is 30.1 Å². The number of rotatable bonds is 6. The first-order valence-electron chi connectivity index (χ1n) is 10.2. The fourth-order valence-corrected chi connectivity index (χ4v) is 4.84. The van der Waals surface area contributed by atoms with E-state index in [9.17, 15) is 13.6 Å². The number of Topliss-reactive ketones (excluding diaryl/α,β-unsaturated/α-hetero) is 1. The van der Waals surface area contributed by atoms with E-state index < -0.39 is 5.92 Å². The number of halogens is 3. The Labute approximate surface area is 169 Å². The van der Waals surface area contributed by atoms with Crippen LogP contribution in [0.1, 0.15) is 62.2 Å². The largest absolute Gasteiger partial charge is 0.345 e. The summed E-state index contributed by atoms with van der Waals surface area (Å²) in [6.07, 6.45) is 4.99. The molecule has 1 N–H and O–H groups in total. The van der Waals surface area contributed by atoms with Gasteiger partial charge in [-0.2, -0.15) is 0 Å². The second-order valence-electron chi connectivity index (χ2n) is 8.80. The molecule has 2 fully saturated rings. The van der Waals surface area contributed by atoms with Gasteiger partial charge in [-0.15, -0.1) is 0 Å². The molecule has 0 radical (unpaired) electrons. The molecule has 2 aliphatic rings. The van der Waals surface area contributed by atoms with E-state index in [0.29, 0.717) is 36.3 Å². The van der Waals surface area contributed by atoms with Gasteiger partial charge >= 0.3 is 0 Å². The van der Waals surface area contributed by atoms with Gasteiger partial charge in [0, 0.05) is 48.5 Å². The summed E-state index contributed by atoms with van der Waals surface area (Å²) >= 11 is 6.45. The lowest BCUT2D eigenvalue weighted by atomic mass is 9.83. The maximum Gasteiger partial charge on any atom is 0.248 e. The zero-order valence-corrected chi connectivity index (χ0v) is 17.0. The molecule has 1 saturated heterocycles. The van der Waals surface area contributed by atoms with Crippen molar-refractivity contribution in [1.29, 1.82) is 0 Å². The van der Waals surface area contributed by atoms with E-state index in [1.165, 1.54) is 0 Å². The number of hydrogen-bond donors (Lipinski definition) is 1. The number of ketones is 1. The molecule has 2 aromatic rings. The predicted molar refractivity (Wildman–Crippen MR) is 108 cm³/mol. The van der Waals surface area contributed by atoms with Crippen molar-refractivity contribution >= 4 is 28.3 Å². The minimum Gasteiger partial charge on any atom is -0.345 e. The first-order valence-corrected chi connectivity index (χ1v) is 10.6. The number of carbonyl (C=O) groups excluding carboxylic acids is 1. The highest BCUT2D eigenvalue weighted by Gasteiger charge is 2.35. The average Bonchev–Trinajstić information content (AvgIpc) is 2.99. The van der Waals surface area contributed by atoms with E-state index in [0.717, 1.165) is 30.4 Å². The van der Waals surface area contributed by atoms with E-state index in [1.54, 1.807) is 0 Å². The number of carbonyl (C=O) groups is 1. The van der Waals surface area contributed by atoms with Crippen LogP contribution in [0.3, 0.4) is 0 Å². The van der Waals surface area contributed by atoms with Gasteiger partial charge < -0.3 is 9.88 Å². The first-order chi connectivity index (χ1) is 13.3. The van der Waals surface area contributed by atoms with Gasteiger partial charge in [0.25, 0.3) is 0 Å². The molecule has 0 amide bonds. The van der Waals surface area contributed by atoms with Crippen molar-refractivity contribution in [3.63, 3.8) is 0 Å². The third-order valence-electron chi connectivity index (χ3n) is 6.52. The highest BCUT2D eigenvalue weighted by atomic mass is 35.5. The Morgan fingerprint density at radius 1 is 1.29 bits per heavy atom. The van der Waals surface area contributed by atoms with E-state index in [4.69, 9.17) is 11.6 Å². The van der Waals surface area contributed by atoms with Gasteiger partial charge in [0.05, 0.1) is 10.5 Å². The monoisotopic (exact) mass is 408 g/mol. The number of fused-ring (bicyclic) bond motifs is 1. The minimum atomic E-state index is -2.52. The Morgan fingerprint density at radius 3 is 2.64 bits per heavy atom. The summed E-state index contributed by atoms with van der Waals surface area (Å²) < 4.78 is 28.8. The maximum absolute atomic E-state index is 13.3. The zero-order valence-electron chi connectivity index (χ0n) is 16.2. The Morgan fingerprint density at radius 2 is 2.00 bits per heavy atom. The average molecular weight is 409 g/mol. The van der Waals surface area contributed by atoms with Crippen LogP contribution in [0, 0.1) is 5.92 Å². The zero-order chi connectivity index (χ0) is 19.9. The number of benzene rings is 1. The van der Waals surface area contributed by atoms with Crippen LogP contribution < -0.4 is 5.32 Å². The predicted octanol–water partition coefficient (Wildman–Crippen LogP) is 5.84. The van der Waals surface area contributed by atoms with Gasteiger partial charge in [-0.1, -0.05) is 17.7 Å². The molecule has 0 spiro atoms. The van der Waals surface area contributed by atoms with Crippen LogP contribution in [0.15, 0.2) is 24.4 Å². The van der Waals surface area contributed by atoms with E-state index in [1.807, 2.05) is 24.4 Å². The lowest BCUT2D eigenvalue weighted by Crippen LogP contribution is -2.57. The maximum atomic E-state index is 13.3. The van der Waals surface area contributed by atoms with Crippen molar-refractivity contribution in [2.24, 2.45) is 5.92 Å². The Bertz CT molecular complexity index is 878. The number of alkyl halides is 2. The summed E-state index contributed by atoms with van der Waals surface area (Å²) in [5.74, 6) is -2.25. The molecule has 1 aromatic carbocycles. The van der Waals surface area contributed by atoms with Crippen molar-refractivity contribution in [3.05, 3.63) is 35.0 Å². The second kappa shape index (κ2) is 7.42. The normalized spacial score (nSPS) is 25.0. The molecule has 1 unspecified atom stereocenters. The quantitative estimate of drug-likeness (QED) is 0.609. The molecular formula is C22H27ClF2N2O. The summed E-state index contributed by atoms with van der Waals surface area (Å²) in [7, 11) is 0. The van der Waals surface area contributed by atoms with Crippen molar-refractivity contribution < 1.29 is 13.6 Å². The van der Waals surface area contributed by atoms with Crippen LogP contribution in [-0.2, 0) is 6.54 Å². The lowest BCUT2D eigenvalue weighted by molar-refractivity contribution is -0.0464. The SMILES string of the molecule is CC1(Cn2cc(C(=O)CCC3CCC(F)(F)CC3)c3c(Cl)cccc32)CCN1. The Balaban J connectivity index is 1.52. The van der Waals surface area contributed by atoms with Crippen LogP contribution in [0.2, 0.25) is 5.02 Å². The van der Waals surface area contributed by atoms with Gasteiger partial charge in [0.15, 0.2) is 5.78 Å². The number of aromatic nitrogens is 1. The highest BCUT2D eigenvalue weighted by Crippen LogP contribution is 2.38. The van der Waals surface area contributed by atoms with Crippen molar-refractivity contribution in [2.45, 2.75) is 69.9 Å². The first kappa shape index (κ1) is 19.8. The summed E-state index contributed by atoms with van der Waals surface area (Å²) in [5.41, 5.74) is 1.68. The summed E-state index contributed by atoms with van der Waals surface area (Å²) in [5, 5.41) is 4.86. The lowest BCUT2D eigenvalue weighted by Gasteiger charge is -2.40. The van der Waals surface area contributed by atoms with Crippen LogP contribution in [0.4, 0.5) is 8.78 Å². The number of nitrogens with one attached hydrogen (secondary N) is 1. The van der Waals surface area contributed by atoms with E-state index >= 15 is 0 Å². The van der Waals surface area contributed by atoms with Crippen molar-refractivity contribution in [3.8, 4) is 0 Å². The standard InChI is InChI=1S/C22H27ClF2N2O/c1-21(11-12-26-21)14-27-13-16(20-17(23)3-2-4-18(20)27)19(28)6-5-15-7-9-22(24,25)10-8-15/h2-4,13,15,26H,5-12,14H2,1H3. The summed E-state index contributed by atoms with van der Waals surface area (Å²) in [6.45, 7) is 3.99. The Hall–Kier alpha value is -1.46. The second-order valence-corrected chi connectivity index (χ2v) is 9.21. The van der Waals surface area contributed by atoms with Crippen molar-refractivity contribution in [1.82, 2.24) is 9.88 Å². The smallest absolute Gasteiger partial charge is 0.248 e. The molecule has 6 heteroatoms. The Kier molecular flexibility index (Phi) is 5.25.